The zero-order valence-corrected chi connectivity index (χ0v) is 11.0. The van der Waals surface area contributed by atoms with E-state index in [9.17, 15) is 4.79 Å². The van der Waals surface area contributed by atoms with E-state index in [4.69, 9.17) is 0 Å². The van der Waals surface area contributed by atoms with E-state index in [1.54, 1.807) is 12.3 Å². The number of rotatable bonds is 3. The highest BCUT2D eigenvalue weighted by Crippen LogP contribution is 2.25. The summed E-state index contributed by atoms with van der Waals surface area (Å²) in [7, 11) is 1.36. The van der Waals surface area contributed by atoms with Gasteiger partial charge in [-0.3, -0.25) is 4.98 Å². The molecular weight excluding hydrogens is 238 g/mol. The van der Waals surface area contributed by atoms with Gasteiger partial charge in [0.05, 0.1) is 7.11 Å². The van der Waals surface area contributed by atoms with Crippen molar-refractivity contribution < 1.29 is 9.53 Å². The number of hydrogen-bond donors (Lipinski definition) is 0. The quantitative estimate of drug-likeness (QED) is 0.622. The average Bonchev–Trinajstić information content (AvgIpc) is 2.46. The summed E-state index contributed by atoms with van der Waals surface area (Å²) >= 11 is 0. The first-order chi connectivity index (χ1) is 9.22. The molecule has 3 nitrogen and oxygen atoms in total. The number of carbonyl (C=O) groups excluding carboxylic acids is 1. The molecule has 1 aromatic carbocycles. The van der Waals surface area contributed by atoms with Crippen molar-refractivity contribution in [3.05, 3.63) is 59.9 Å². The molecule has 0 aliphatic carbocycles. The summed E-state index contributed by atoms with van der Waals surface area (Å²) in [5, 5.41) is 0. The molecule has 0 atom stereocenters. The minimum absolute atomic E-state index is 0.373. The maximum absolute atomic E-state index is 11.2. The summed E-state index contributed by atoms with van der Waals surface area (Å²) < 4.78 is 4.61. The van der Waals surface area contributed by atoms with Gasteiger partial charge >= 0.3 is 5.97 Å². The minimum atomic E-state index is -0.373. The van der Waals surface area contributed by atoms with E-state index in [2.05, 4.69) is 9.72 Å². The van der Waals surface area contributed by atoms with Crippen LogP contribution in [0.2, 0.25) is 0 Å². The van der Waals surface area contributed by atoms with Crippen molar-refractivity contribution in [2.24, 2.45) is 0 Å². The number of pyridine rings is 1. The van der Waals surface area contributed by atoms with E-state index in [-0.39, 0.29) is 5.97 Å². The predicted molar refractivity (Wildman–Crippen MR) is 75.5 cm³/mol. The van der Waals surface area contributed by atoms with Crippen molar-refractivity contribution >= 4 is 12.0 Å². The van der Waals surface area contributed by atoms with Crippen molar-refractivity contribution in [3.8, 4) is 11.1 Å². The molecule has 0 spiro atoms. The smallest absolute Gasteiger partial charge is 0.330 e. The molecule has 0 saturated heterocycles. The predicted octanol–water partition coefficient (Wildman–Crippen LogP) is 3.24. The summed E-state index contributed by atoms with van der Waals surface area (Å²) in [5.74, 6) is -0.373. The highest BCUT2D eigenvalue weighted by Gasteiger charge is 2.06. The van der Waals surface area contributed by atoms with Gasteiger partial charge < -0.3 is 4.74 Å². The van der Waals surface area contributed by atoms with Gasteiger partial charge in [-0.15, -0.1) is 0 Å². The second-order valence-electron chi connectivity index (χ2n) is 4.08. The van der Waals surface area contributed by atoms with Crippen LogP contribution in [0.4, 0.5) is 0 Å². The molecule has 0 bridgehead atoms. The number of aryl methyl sites for hydroxylation is 1. The normalized spacial score (nSPS) is 10.6. The lowest BCUT2D eigenvalue weighted by Gasteiger charge is -2.08. The summed E-state index contributed by atoms with van der Waals surface area (Å²) in [6, 6.07) is 12.0. The number of methoxy groups -OCH3 is 1. The number of ether oxygens (including phenoxy) is 1. The first-order valence-corrected chi connectivity index (χ1v) is 5.99. The van der Waals surface area contributed by atoms with Crippen molar-refractivity contribution in [3.63, 3.8) is 0 Å². The Balaban J connectivity index is 2.48. The number of carbonyl (C=O) groups is 1. The summed E-state index contributed by atoms with van der Waals surface area (Å²) in [4.78, 5) is 15.5. The molecule has 2 rings (SSSR count). The monoisotopic (exact) mass is 253 g/mol. The molecule has 0 aliphatic heterocycles. The first kappa shape index (κ1) is 13.0. The van der Waals surface area contributed by atoms with Crippen LogP contribution in [-0.2, 0) is 9.53 Å². The van der Waals surface area contributed by atoms with Crippen LogP contribution >= 0.6 is 0 Å². The Kier molecular flexibility index (Phi) is 4.08. The third kappa shape index (κ3) is 3.07. The van der Waals surface area contributed by atoms with E-state index < -0.39 is 0 Å². The van der Waals surface area contributed by atoms with Gasteiger partial charge in [0, 0.05) is 23.5 Å². The Morgan fingerprint density at radius 3 is 2.63 bits per heavy atom. The lowest BCUT2D eigenvalue weighted by atomic mass is 9.99. The molecule has 0 amide bonds. The Hall–Kier alpha value is -2.42. The average molecular weight is 253 g/mol. The van der Waals surface area contributed by atoms with Crippen molar-refractivity contribution in [1.29, 1.82) is 0 Å². The van der Waals surface area contributed by atoms with Gasteiger partial charge in [-0.05, 0) is 30.2 Å². The van der Waals surface area contributed by atoms with Crippen LogP contribution in [0.25, 0.3) is 17.2 Å². The molecular formula is C16H15NO2. The molecule has 1 aromatic heterocycles. The number of hydrogen-bond acceptors (Lipinski definition) is 3. The summed E-state index contributed by atoms with van der Waals surface area (Å²) in [6.07, 6.45) is 4.93. The van der Waals surface area contributed by atoms with Gasteiger partial charge in [-0.25, -0.2) is 4.79 Å². The second-order valence-corrected chi connectivity index (χ2v) is 4.08. The van der Waals surface area contributed by atoms with Crippen LogP contribution in [0.3, 0.4) is 0 Å². The topological polar surface area (TPSA) is 39.2 Å². The molecule has 19 heavy (non-hydrogen) atoms. The van der Waals surface area contributed by atoms with Crippen LogP contribution in [-0.4, -0.2) is 18.1 Å². The summed E-state index contributed by atoms with van der Waals surface area (Å²) in [6.45, 7) is 1.92. The van der Waals surface area contributed by atoms with Crippen molar-refractivity contribution in [2.45, 2.75) is 6.92 Å². The maximum atomic E-state index is 11.2. The fourth-order valence-electron chi connectivity index (χ4n) is 1.88. The Morgan fingerprint density at radius 1 is 1.21 bits per heavy atom. The molecule has 0 aliphatic rings. The van der Waals surface area contributed by atoms with E-state index in [1.807, 2.05) is 43.3 Å². The van der Waals surface area contributed by atoms with Crippen LogP contribution in [0, 0.1) is 6.92 Å². The summed E-state index contributed by atoms with van der Waals surface area (Å²) in [5.41, 5.74) is 3.95. The van der Waals surface area contributed by atoms with Crippen molar-refractivity contribution in [1.82, 2.24) is 4.98 Å². The first-order valence-electron chi connectivity index (χ1n) is 5.99. The van der Waals surface area contributed by atoms with Crippen molar-refractivity contribution in [2.75, 3.05) is 7.11 Å². The zero-order chi connectivity index (χ0) is 13.7. The molecule has 0 N–H and O–H groups in total. The van der Waals surface area contributed by atoms with E-state index in [1.165, 1.54) is 13.2 Å². The van der Waals surface area contributed by atoms with Gasteiger partial charge in [0.2, 0.25) is 0 Å². The van der Waals surface area contributed by atoms with Gasteiger partial charge in [-0.1, -0.05) is 30.3 Å². The molecule has 3 heteroatoms. The fourth-order valence-corrected chi connectivity index (χ4v) is 1.88. The molecule has 0 saturated carbocycles. The molecule has 0 radical (unpaired) electrons. The third-order valence-electron chi connectivity index (χ3n) is 2.86. The molecule has 2 aromatic rings. The molecule has 0 fully saturated rings. The van der Waals surface area contributed by atoms with Crippen LogP contribution < -0.4 is 0 Å². The lowest BCUT2D eigenvalue weighted by molar-refractivity contribution is -0.134. The molecule has 1 heterocycles. The largest absolute Gasteiger partial charge is 0.466 e. The molecule has 96 valence electrons. The van der Waals surface area contributed by atoms with E-state index >= 15 is 0 Å². The Bertz CT molecular complexity index is 603. The number of benzene rings is 1. The number of nitrogens with zero attached hydrogens (tertiary/aromatic N) is 1. The SMILES string of the molecule is COC(=O)C=Cc1c(-c2ccccc2)ccnc1C. The fraction of sp³-hybridized carbons (Fsp3) is 0.125. The highest BCUT2D eigenvalue weighted by molar-refractivity contribution is 5.89. The molecule has 0 unspecified atom stereocenters. The maximum Gasteiger partial charge on any atom is 0.330 e. The van der Waals surface area contributed by atoms with Crippen LogP contribution in [0.15, 0.2) is 48.7 Å². The standard InChI is InChI=1S/C16H15NO2/c1-12-14(8-9-16(18)19-2)15(10-11-17-12)13-6-4-3-5-7-13/h3-11H,1-2H3. The lowest BCUT2D eigenvalue weighted by Crippen LogP contribution is -1.95. The Morgan fingerprint density at radius 2 is 1.95 bits per heavy atom. The van der Waals surface area contributed by atoms with E-state index in [0.29, 0.717) is 0 Å². The Labute approximate surface area is 112 Å². The van der Waals surface area contributed by atoms with E-state index in [0.717, 1.165) is 22.4 Å². The number of aromatic nitrogens is 1. The van der Waals surface area contributed by atoms with Gasteiger partial charge in [0.1, 0.15) is 0 Å². The minimum Gasteiger partial charge on any atom is -0.466 e. The number of esters is 1. The van der Waals surface area contributed by atoms with Gasteiger partial charge in [0.25, 0.3) is 0 Å². The van der Waals surface area contributed by atoms with Gasteiger partial charge in [-0.2, -0.15) is 0 Å². The zero-order valence-electron chi connectivity index (χ0n) is 11.0. The third-order valence-corrected chi connectivity index (χ3v) is 2.86. The van der Waals surface area contributed by atoms with Crippen LogP contribution in [0.5, 0.6) is 0 Å². The van der Waals surface area contributed by atoms with Gasteiger partial charge in [0.15, 0.2) is 0 Å². The van der Waals surface area contributed by atoms with Crippen LogP contribution in [0.1, 0.15) is 11.3 Å². The second kappa shape index (κ2) is 5.96. The highest BCUT2D eigenvalue weighted by atomic mass is 16.5.